The van der Waals surface area contributed by atoms with Crippen LogP contribution in [0.2, 0.25) is 0 Å². The van der Waals surface area contributed by atoms with E-state index in [1.807, 2.05) is 67.8 Å². The molecule has 0 aliphatic rings. The monoisotopic (exact) mass is 280 g/mol. The molecule has 1 aromatic heterocycles. The molecule has 0 saturated heterocycles. The maximum absolute atomic E-state index is 10.4. The van der Waals surface area contributed by atoms with Crippen LogP contribution in [-0.4, -0.2) is 14.9 Å². The highest BCUT2D eigenvalue weighted by molar-refractivity contribution is 5.36. The summed E-state index contributed by atoms with van der Waals surface area (Å²) in [4.78, 5) is 0. The summed E-state index contributed by atoms with van der Waals surface area (Å²) in [5, 5.41) is 14.6. The molecule has 106 valence electrons. The first-order valence-corrected chi connectivity index (χ1v) is 6.73. The van der Waals surface area contributed by atoms with Gasteiger partial charge in [-0.05, 0) is 35.9 Å². The number of aryl methyl sites for hydroxylation is 1. The van der Waals surface area contributed by atoms with Gasteiger partial charge in [-0.2, -0.15) is 5.10 Å². The van der Waals surface area contributed by atoms with Crippen molar-refractivity contribution in [2.75, 3.05) is 0 Å². The molecule has 0 spiro atoms. The lowest BCUT2D eigenvalue weighted by molar-refractivity contribution is 0.214. The summed E-state index contributed by atoms with van der Waals surface area (Å²) < 4.78 is 7.44. The highest BCUT2D eigenvalue weighted by Crippen LogP contribution is 2.26. The zero-order chi connectivity index (χ0) is 14.7. The van der Waals surface area contributed by atoms with E-state index in [0.29, 0.717) is 11.4 Å². The first kappa shape index (κ1) is 13.4. The second-order valence-electron chi connectivity index (χ2n) is 4.80. The van der Waals surface area contributed by atoms with Crippen LogP contribution < -0.4 is 4.74 Å². The van der Waals surface area contributed by atoms with Crippen LogP contribution in [0.3, 0.4) is 0 Å². The predicted molar refractivity (Wildman–Crippen MR) is 80.2 cm³/mol. The molecule has 21 heavy (non-hydrogen) atoms. The summed E-state index contributed by atoms with van der Waals surface area (Å²) in [6, 6.07) is 18.8. The molecule has 1 N–H and O–H groups in total. The van der Waals surface area contributed by atoms with Crippen molar-refractivity contribution in [2.24, 2.45) is 7.05 Å². The Hall–Kier alpha value is -2.59. The third-order valence-corrected chi connectivity index (χ3v) is 3.17. The first-order valence-electron chi connectivity index (χ1n) is 6.73. The third kappa shape index (κ3) is 3.12. The van der Waals surface area contributed by atoms with Gasteiger partial charge in [0.25, 0.3) is 0 Å². The van der Waals surface area contributed by atoms with Crippen LogP contribution in [0.5, 0.6) is 11.5 Å². The summed E-state index contributed by atoms with van der Waals surface area (Å²) in [6.07, 6.45) is 1.05. The number of hydrogen-bond acceptors (Lipinski definition) is 3. The van der Waals surface area contributed by atoms with Crippen LogP contribution in [-0.2, 0) is 7.05 Å². The Balaban J connectivity index is 1.83. The van der Waals surface area contributed by atoms with Gasteiger partial charge in [0.15, 0.2) is 0 Å². The zero-order valence-corrected chi connectivity index (χ0v) is 11.7. The van der Waals surface area contributed by atoms with Gasteiger partial charge in [0.1, 0.15) is 17.6 Å². The topological polar surface area (TPSA) is 47.3 Å². The van der Waals surface area contributed by atoms with Crippen LogP contribution in [0.1, 0.15) is 17.4 Å². The van der Waals surface area contributed by atoms with Crippen molar-refractivity contribution >= 4 is 0 Å². The molecule has 0 fully saturated rings. The number of aromatic nitrogens is 2. The summed E-state index contributed by atoms with van der Waals surface area (Å²) in [6.45, 7) is 0. The van der Waals surface area contributed by atoms with Crippen molar-refractivity contribution in [1.82, 2.24) is 9.78 Å². The minimum absolute atomic E-state index is 0.620. The molecule has 1 unspecified atom stereocenters. The standard InChI is InChI=1S/C17H16N2O2/c1-19-11-10-16(18-19)17(20)13-6-5-9-15(12-13)21-14-7-3-2-4-8-14/h2-12,17,20H,1H3. The normalized spacial score (nSPS) is 12.1. The van der Waals surface area contributed by atoms with E-state index in [-0.39, 0.29) is 0 Å². The van der Waals surface area contributed by atoms with E-state index in [0.717, 1.165) is 11.3 Å². The van der Waals surface area contributed by atoms with Crippen molar-refractivity contribution in [3.63, 3.8) is 0 Å². The Morgan fingerprint density at radius 1 is 1.00 bits per heavy atom. The lowest BCUT2D eigenvalue weighted by Crippen LogP contribution is -2.02. The van der Waals surface area contributed by atoms with Crippen molar-refractivity contribution in [3.8, 4) is 11.5 Å². The number of ether oxygens (including phenoxy) is 1. The summed E-state index contributed by atoms with van der Waals surface area (Å²) >= 11 is 0. The Morgan fingerprint density at radius 3 is 2.48 bits per heavy atom. The maximum atomic E-state index is 10.4. The number of nitrogens with zero attached hydrogens (tertiary/aromatic N) is 2. The van der Waals surface area contributed by atoms with Crippen molar-refractivity contribution in [3.05, 3.63) is 78.1 Å². The number of hydrogen-bond donors (Lipinski definition) is 1. The minimum Gasteiger partial charge on any atom is -0.457 e. The van der Waals surface area contributed by atoms with Gasteiger partial charge in [-0.15, -0.1) is 0 Å². The number of para-hydroxylation sites is 1. The first-order chi connectivity index (χ1) is 10.2. The van der Waals surface area contributed by atoms with Gasteiger partial charge in [0.2, 0.25) is 0 Å². The molecule has 3 rings (SSSR count). The molecule has 3 aromatic rings. The number of benzene rings is 2. The molecule has 0 saturated carbocycles. The fourth-order valence-corrected chi connectivity index (χ4v) is 2.12. The van der Waals surface area contributed by atoms with Gasteiger partial charge in [-0.1, -0.05) is 30.3 Å². The SMILES string of the molecule is Cn1ccc(C(O)c2cccc(Oc3ccccc3)c2)n1. The van der Waals surface area contributed by atoms with Crippen LogP contribution in [0.15, 0.2) is 66.9 Å². The van der Waals surface area contributed by atoms with Gasteiger partial charge in [-0.25, -0.2) is 0 Å². The van der Waals surface area contributed by atoms with Gasteiger partial charge in [0, 0.05) is 13.2 Å². The van der Waals surface area contributed by atoms with Crippen molar-refractivity contribution in [2.45, 2.75) is 6.10 Å². The Morgan fingerprint density at radius 2 is 1.76 bits per heavy atom. The van der Waals surface area contributed by atoms with E-state index >= 15 is 0 Å². The molecule has 0 aliphatic carbocycles. The molecule has 0 bridgehead atoms. The quantitative estimate of drug-likeness (QED) is 0.797. The maximum Gasteiger partial charge on any atom is 0.127 e. The van der Waals surface area contributed by atoms with Crippen LogP contribution in [0.4, 0.5) is 0 Å². The Kier molecular flexibility index (Phi) is 3.71. The van der Waals surface area contributed by atoms with Crippen molar-refractivity contribution in [1.29, 1.82) is 0 Å². The Bertz CT molecular complexity index is 722. The molecule has 4 nitrogen and oxygen atoms in total. The van der Waals surface area contributed by atoms with E-state index in [9.17, 15) is 5.11 Å². The lowest BCUT2D eigenvalue weighted by atomic mass is 10.1. The van der Waals surface area contributed by atoms with E-state index < -0.39 is 6.10 Å². The summed E-state index contributed by atoms with van der Waals surface area (Å²) in [5.74, 6) is 1.45. The Labute approximate surface area is 123 Å². The fourth-order valence-electron chi connectivity index (χ4n) is 2.12. The second kappa shape index (κ2) is 5.81. The summed E-state index contributed by atoms with van der Waals surface area (Å²) in [7, 11) is 1.82. The lowest BCUT2D eigenvalue weighted by Gasteiger charge is -2.11. The number of aliphatic hydroxyl groups is 1. The number of rotatable bonds is 4. The molecule has 0 amide bonds. The molecule has 0 radical (unpaired) electrons. The van der Waals surface area contributed by atoms with E-state index in [4.69, 9.17) is 4.74 Å². The van der Waals surface area contributed by atoms with E-state index in [1.165, 1.54) is 0 Å². The number of aliphatic hydroxyl groups excluding tert-OH is 1. The highest BCUT2D eigenvalue weighted by Gasteiger charge is 2.13. The van der Waals surface area contributed by atoms with Crippen LogP contribution >= 0.6 is 0 Å². The summed E-state index contributed by atoms with van der Waals surface area (Å²) in [5.41, 5.74) is 1.37. The van der Waals surface area contributed by atoms with Gasteiger partial charge < -0.3 is 9.84 Å². The van der Waals surface area contributed by atoms with Crippen molar-refractivity contribution < 1.29 is 9.84 Å². The predicted octanol–water partition coefficient (Wildman–Crippen LogP) is 3.29. The molecule has 1 heterocycles. The zero-order valence-electron chi connectivity index (χ0n) is 11.7. The second-order valence-corrected chi connectivity index (χ2v) is 4.80. The molecule has 2 aromatic carbocycles. The molecule has 1 atom stereocenters. The molecule has 0 aliphatic heterocycles. The highest BCUT2D eigenvalue weighted by atomic mass is 16.5. The largest absolute Gasteiger partial charge is 0.457 e. The smallest absolute Gasteiger partial charge is 0.127 e. The van der Waals surface area contributed by atoms with Crippen LogP contribution in [0.25, 0.3) is 0 Å². The van der Waals surface area contributed by atoms with E-state index in [2.05, 4.69) is 5.10 Å². The molecule has 4 heteroatoms. The molecular weight excluding hydrogens is 264 g/mol. The van der Waals surface area contributed by atoms with Gasteiger partial charge >= 0.3 is 0 Å². The van der Waals surface area contributed by atoms with Crippen LogP contribution in [0, 0.1) is 0 Å². The van der Waals surface area contributed by atoms with E-state index in [1.54, 1.807) is 10.7 Å². The fraction of sp³-hybridized carbons (Fsp3) is 0.118. The van der Waals surface area contributed by atoms with Gasteiger partial charge in [-0.3, -0.25) is 4.68 Å². The third-order valence-electron chi connectivity index (χ3n) is 3.17. The average molecular weight is 280 g/mol. The molecular formula is C17H16N2O2. The average Bonchev–Trinajstić information content (AvgIpc) is 2.94. The van der Waals surface area contributed by atoms with Gasteiger partial charge in [0.05, 0.1) is 5.69 Å². The minimum atomic E-state index is -0.759.